The molecular formula is C18H22N4O2. The van der Waals surface area contributed by atoms with Crippen LogP contribution in [0.25, 0.3) is 0 Å². The first-order valence-corrected chi connectivity index (χ1v) is 8.17. The summed E-state index contributed by atoms with van der Waals surface area (Å²) in [6, 6.07) is 8.13. The Balaban J connectivity index is 1.54. The number of piperidine rings is 1. The molecule has 1 fully saturated rings. The van der Waals surface area contributed by atoms with E-state index >= 15 is 0 Å². The molecule has 3 rings (SSSR count). The normalized spacial score (nSPS) is 17.8. The molecule has 126 valence electrons. The van der Waals surface area contributed by atoms with Crippen molar-refractivity contribution < 1.29 is 9.59 Å². The summed E-state index contributed by atoms with van der Waals surface area (Å²) in [6.07, 6.45) is 6.50. The van der Waals surface area contributed by atoms with Gasteiger partial charge in [0.15, 0.2) is 0 Å². The van der Waals surface area contributed by atoms with Gasteiger partial charge in [-0.3, -0.25) is 9.59 Å². The van der Waals surface area contributed by atoms with Crippen molar-refractivity contribution in [1.29, 1.82) is 0 Å². The Hall–Kier alpha value is -2.63. The Kier molecular flexibility index (Phi) is 4.93. The van der Waals surface area contributed by atoms with Gasteiger partial charge < -0.3 is 14.8 Å². The van der Waals surface area contributed by atoms with E-state index in [1.807, 2.05) is 22.9 Å². The van der Waals surface area contributed by atoms with Gasteiger partial charge in [-0.1, -0.05) is 24.3 Å². The highest BCUT2D eigenvalue weighted by atomic mass is 16.2. The van der Waals surface area contributed by atoms with Crippen molar-refractivity contribution >= 4 is 11.8 Å². The Bertz CT molecular complexity index is 712. The van der Waals surface area contributed by atoms with E-state index in [1.165, 1.54) is 0 Å². The lowest BCUT2D eigenvalue weighted by Gasteiger charge is -2.27. The molecule has 0 aliphatic carbocycles. The highest BCUT2D eigenvalue weighted by molar-refractivity contribution is 5.86. The van der Waals surface area contributed by atoms with Crippen molar-refractivity contribution in [2.75, 3.05) is 13.6 Å². The van der Waals surface area contributed by atoms with Crippen LogP contribution in [-0.2, 0) is 22.7 Å². The molecule has 2 amide bonds. The molecule has 1 aromatic carbocycles. The zero-order valence-electron chi connectivity index (χ0n) is 13.8. The number of carbonyl (C=O) groups is 2. The molecule has 1 saturated heterocycles. The summed E-state index contributed by atoms with van der Waals surface area (Å²) >= 11 is 0. The fraction of sp³-hybridized carbons (Fsp3) is 0.389. The van der Waals surface area contributed by atoms with E-state index in [-0.39, 0.29) is 17.7 Å². The molecule has 0 radical (unpaired) electrons. The molecule has 2 aromatic rings. The topological polar surface area (TPSA) is 67.2 Å². The Morgan fingerprint density at radius 2 is 2.21 bits per heavy atom. The zero-order valence-corrected chi connectivity index (χ0v) is 13.8. The van der Waals surface area contributed by atoms with Crippen LogP contribution in [0.1, 0.15) is 24.0 Å². The van der Waals surface area contributed by atoms with Crippen LogP contribution in [0.15, 0.2) is 43.0 Å². The first-order chi connectivity index (χ1) is 11.6. The zero-order chi connectivity index (χ0) is 16.9. The van der Waals surface area contributed by atoms with Crippen molar-refractivity contribution in [2.45, 2.75) is 25.9 Å². The highest BCUT2D eigenvalue weighted by Gasteiger charge is 2.28. The minimum absolute atomic E-state index is 0.0311. The van der Waals surface area contributed by atoms with Gasteiger partial charge in [0.1, 0.15) is 0 Å². The van der Waals surface area contributed by atoms with Crippen LogP contribution in [0.3, 0.4) is 0 Å². The van der Waals surface area contributed by atoms with Gasteiger partial charge in [0.2, 0.25) is 11.8 Å². The minimum atomic E-state index is -0.206. The standard InChI is InChI=1S/C18H22N4O2/c1-21-7-5-16(10-17(21)23)18(24)20-11-14-3-2-4-15(9-14)12-22-8-6-19-13-22/h2-4,6,8-9,13,16H,5,7,10-12H2,1H3,(H,20,24). The van der Waals surface area contributed by atoms with Crippen LogP contribution in [0.5, 0.6) is 0 Å². The number of hydrogen-bond donors (Lipinski definition) is 1. The molecule has 0 spiro atoms. The lowest BCUT2D eigenvalue weighted by atomic mass is 9.95. The van der Waals surface area contributed by atoms with Gasteiger partial charge in [0, 0.05) is 51.4 Å². The lowest BCUT2D eigenvalue weighted by Crippen LogP contribution is -2.41. The summed E-state index contributed by atoms with van der Waals surface area (Å²) in [5.74, 6) is -0.192. The second kappa shape index (κ2) is 7.29. The SMILES string of the molecule is CN1CCC(C(=O)NCc2cccc(Cn3ccnc3)c2)CC1=O. The summed E-state index contributed by atoms with van der Waals surface area (Å²) in [5, 5.41) is 2.96. The maximum atomic E-state index is 12.3. The van der Waals surface area contributed by atoms with E-state index in [1.54, 1.807) is 24.5 Å². The summed E-state index contributed by atoms with van der Waals surface area (Å²) in [5.41, 5.74) is 2.22. The molecule has 6 nitrogen and oxygen atoms in total. The average Bonchev–Trinajstić information content (AvgIpc) is 3.08. The average molecular weight is 326 g/mol. The van der Waals surface area contributed by atoms with Crippen LogP contribution in [0.2, 0.25) is 0 Å². The fourth-order valence-corrected chi connectivity index (χ4v) is 2.93. The van der Waals surface area contributed by atoms with Gasteiger partial charge in [0.25, 0.3) is 0 Å². The van der Waals surface area contributed by atoms with E-state index in [2.05, 4.69) is 22.4 Å². The molecule has 6 heteroatoms. The number of imidazole rings is 1. The highest BCUT2D eigenvalue weighted by Crippen LogP contribution is 2.17. The van der Waals surface area contributed by atoms with E-state index in [4.69, 9.17) is 0 Å². The van der Waals surface area contributed by atoms with Gasteiger partial charge >= 0.3 is 0 Å². The first-order valence-electron chi connectivity index (χ1n) is 8.17. The van der Waals surface area contributed by atoms with Gasteiger partial charge in [-0.25, -0.2) is 4.98 Å². The molecular weight excluding hydrogens is 304 g/mol. The Morgan fingerprint density at radius 1 is 1.38 bits per heavy atom. The molecule has 1 atom stereocenters. The number of benzene rings is 1. The maximum Gasteiger partial charge on any atom is 0.223 e. The summed E-state index contributed by atoms with van der Waals surface area (Å²) in [7, 11) is 1.78. The Labute approximate surface area is 141 Å². The molecule has 1 aliphatic heterocycles. The van der Waals surface area contributed by atoms with Crippen LogP contribution in [0, 0.1) is 5.92 Å². The predicted octanol–water partition coefficient (Wildman–Crippen LogP) is 1.42. The number of likely N-dealkylation sites (tertiary alicyclic amines) is 1. The maximum absolute atomic E-state index is 12.3. The molecule has 24 heavy (non-hydrogen) atoms. The molecule has 1 aromatic heterocycles. The third-order valence-corrected chi connectivity index (χ3v) is 4.41. The smallest absolute Gasteiger partial charge is 0.223 e. The van der Waals surface area contributed by atoms with Crippen molar-refractivity contribution in [3.8, 4) is 0 Å². The van der Waals surface area contributed by atoms with Crippen LogP contribution < -0.4 is 5.32 Å². The number of nitrogens with one attached hydrogen (secondary N) is 1. The molecule has 2 heterocycles. The van der Waals surface area contributed by atoms with Gasteiger partial charge in [0.05, 0.1) is 6.33 Å². The van der Waals surface area contributed by atoms with Gasteiger partial charge in [-0.2, -0.15) is 0 Å². The summed E-state index contributed by atoms with van der Waals surface area (Å²) in [4.78, 5) is 29.7. The monoisotopic (exact) mass is 326 g/mol. The molecule has 1 aliphatic rings. The number of hydrogen-bond acceptors (Lipinski definition) is 3. The molecule has 0 saturated carbocycles. The van der Waals surface area contributed by atoms with E-state index in [9.17, 15) is 9.59 Å². The minimum Gasteiger partial charge on any atom is -0.352 e. The van der Waals surface area contributed by atoms with Crippen LogP contribution in [0.4, 0.5) is 0 Å². The number of aromatic nitrogens is 2. The largest absolute Gasteiger partial charge is 0.352 e. The van der Waals surface area contributed by atoms with Gasteiger partial charge in [-0.15, -0.1) is 0 Å². The van der Waals surface area contributed by atoms with Crippen LogP contribution >= 0.6 is 0 Å². The number of nitrogens with zero attached hydrogens (tertiary/aromatic N) is 3. The predicted molar refractivity (Wildman–Crippen MR) is 90.0 cm³/mol. The first kappa shape index (κ1) is 16.2. The molecule has 1 N–H and O–H groups in total. The van der Waals surface area contributed by atoms with Crippen molar-refractivity contribution in [2.24, 2.45) is 5.92 Å². The molecule has 0 bridgehead atoms. The summed E-state index contributed by atoms with van der Waals surface area (Å²) < 4.78 is 2.00. The second-order valence-electron chi connectivity index (χ2n) is 6.28. The van der Waals surface area contributed by atoms with Crippen LogP contribution in [-0.4, -0.2) is 39.9 Å². The fourth-order valence-electron chi connectivity index (χ4n) is 2.93. The van der Waals surface area contributed by atoms with Crippen molar-refractivity contribution in [1.82, 2.24) is 19.8 Å². The third kappa shape index (κ3) is 4.01. The van der Waals surface area contributed by atoms with Crippen molar-refractivity contribution in [3.05, 3.63) is 54.1 Å². The van der Waals surface area contributed by atoms with E-state index in [0.29, 0.717) is 19.5 Å². The Morgan fingerprint density at radius 3 is 2.96 bits per heavy atom. The van der Waals surface area contributed by atoms with E-state index in [0.717, 1.165) is 24.1 Å². The third-order valence-electron chi connectivity index (χ3n) is 4.41. The van der Waals surface area contributed by atoms with Crippen molar-refractivity contribution in [3.63, 3.8) is 0 Å². The number of amides is 2. The summed E-state index contributed by atoms with van der Waals surface area (Å²) in [6.45, 7) is 1.89. The number of rotatable bonds is 5. The second-order valence-corrected chi connectivity index (χ2v) is 6.28. The molecule has 1 unspecified atom stereocenters. The lowest BCUT2D eigenvalue weighted by molar-refractivity contribution is -0.139. The number of carbonyl (C=O) groups excluding carboxylic acids is 2. The quantitative estimate of drug-likeness (QED) is 0.903. The van der Waals surface area contributed by atoms with Gasteiger partial charge in [-0.05, 0) is 17.5 Å². The van der Waals surface area contributed by atoms with E-state index < -0.39 is 0 Å².